The lowest BCUT2D eigenvalue weighted by atomic mass is 10.1. The summed E-state index contributed by atoms with van der Waals surface area (Å²) in [6, 6.07) is 23.7. The van der Waals surface area contributed by atoms with Gasteiger partial charge in [0.15, 0.2) is 5.65 Å². The van der Waals surface area contributed by atoms with E-state index in [0.29, 0.717) is 18.2 Å². The van der Waals surface area contributed by atoms with Crippen LogP contribution in [0.2, 0.25) is 0 Å². The number of rotatable bonds is 6. The zero-order chi connectivity index (χ0) is 19.6. The van der Waals surface area contributed by atoms with Gasteiger partial charge in [0.2, 0.25) is 11.9 Å². The SMILES string of the molecule is O=C(Nc1nc2cccc(-c3cccc(OCc4ccccc4)c3)n2n1)C1CC1. The van der Waals surface area contributed by atoms with Crippen LogP contribution in [0.5, 0.6) is 5.75 Å². The van der Waals surface area contributed by atoms with E-state index >= 15 is 0 Å². The minimum Gasteiger partial charge on any atom is -0.489 e. The highest BCUT2D eigenvalue weighted by Crippen LogP contribution is 2.30. The van der Waals surface area contributed by atoms with Crippen LogP contribution in [0.4, 0.5) is 5.95 Å². The molecule has 144 valence electrons. The van der Waals surface area contributed by atoms with Crippen molar-refractivity contribution in [2.24, 2.45) is 5.92 Å². The van der Waals surface area contributed by atoms with Gasteiger partial charge in [-0.05, 0) is 42.7 Å². The highest BCUT2D eigenvalue weighted by Gasteiger charge is 2.30. The van der Waals surface area contributed by atoms with Crippen LogP contribution in [0.1, 0.15) is 18.4 Å². The van der Waals surface area contributed by atoms with Crippen LogP contribution in [0, 0.1) is 5.92 Å². The summed E-state index contributed by atoms with van der Waals surface area (Å²) in [4.78, 5) is 16.5. The van der Waals surface area contributed by atoms with Gasteiger partial charge in [0.1, 0.15) is 12.4 Å². The highest BCUT2D eigenvalue weighted by molar-refractivity contribution is 5.92. The molecule has 0 atom stereocenters. The van der Waals surface area contributed by atoms with Gasteiger partial charge in [-0.3, -0.25) is 10.1 Å². The van der Waals surface area contributed by atoms with Gasteiger partial charge in [0.05, 0.1) is 5.69 Å². The van der Waals surface area contributed by atoms with E-state index in [2.05, 4.69) is 15.4 Å². The molecule has 1 aliphatic carbocycles. The molecule has 4 aromatic rings. The van der Waals surface area contributed by atoms with Gasteiger partial charge in [-0.2, -0.15) is 4.98 Å². The molecule has 0 bridgehead atoms. The summed E-state index contributed by atoms with van der Waals surface area (Å²) < 4.78 is 7.70. The Morgan fingerprint density at radius 1 is 1.03 bits per heavy atom. The first-order valence-corrected chi connectivity index (χ1v) is 9.70. The van der Waals surface area contributed by atoms with Crippen LogP contribution in [-0.2, 0) is 11.4 Å². The summed E-state index contributed by atoms with van der Waals surface area (Å²) in [5.41, 5.74) is 3.65. The number of nitrogens with one attached hydrogen (secondary N) is 1. The zero-order valence-electron chi connectivity index (χ0n) is 15.8. The Labute approximate surface area is 168 Å². The number of nitrogens with zero attached hydrogens (tertiary/aromatic N) is 3. The van der Waals surface area contributed by atoms with E-state index < -0.39 is 0 Å². The second kappa shape index (κ2) is 7.39. The Hall–Kier alpha value is -3.67. The molecule has 0 aliphatic heterocycles. The number of pyridine rings is 1. The van der Waals surface area contributed by atoms with Gasteiger partial charge in [0, 0.05) is 11.5 Å². The average Bonchev–Trinajstić information content (AvgIpc) is 3.53. The van der Waals surface area contributed by atoms with Gasteiger partial charge >= 0.3 is 0 Å². The molecule has 6 nitrogen and oxygen atoms in total. The third-order valence-corrected chi connectivity index (χ3v) is 4.92. The third kappa shape index (κ3) is 3.82. The maximum Gasteiger partial charge on any atom is 0.249 e. The number of amides is 1. The Morgan fingerprint density at radius 2 is 1.86 bits per heavy atom. The molecule has 2 aromatic heterocycles. The molecular weight excluding hydrogens is 364 g/mol. The standard InChI is InChI=1S/C23H20N4O2/c28-22(17-12-13-17)25-23-24-21-11-5-10-20(27(21)26-23)18-8-4-9-19(14-18)29-15-16-6-2-1-3-7-16/h1-11,14,17H,12-13,15H2,(H,25,26,28). The number of aromatic nitrogens is 3. The lowest BCUT2D eigenvalue weighted by Gasteiger charge is -2.09. The molecule has 0 unspecified atom stereocenters. The molecule has 2 heterocycles. The molecule has 0 saturated heterocycles. The monoisotopic (exact) mass is 384 g/mol. The predicted molar refractivity (Wildman–Crippen MR) is 111 cm³/mol. The minimum absolute atomic E-state index is 0.00114. The van der Waals surface area contributed by atoms with Crippen molar-refractivity contribution in [3.05, 3.63) is 78.4 Å². The molecule has 1 amide bonds. The van der Waals surface area contributed by atoms with E-state index in [0.717, 1.165) is 35.4 Å². The van der Waals surface area contributed by atoms with Crippen LogP contribution in [0.25, 0.3) is 16.9 Å². The molecule has 1 saturated carbocycles. The van der Waals surface area contributed by atoms with Crippen molar-refractivity contribution in [3.63, 3.8) is 0 Å². The lowest BCUT2D eigenvalue weighted by Crippen LogP contribution is -2.14. The summed E-state index contributed by atoms with van der Waals surface area (Å²) in [5.74, 6) is 1.23. The molecule has 5 rings (SSSR count). The normalized spacial score (nSPS) is 13.4. The third-order valence-electron chi connectivity index (χ3n) is 4.92. The zero-order valence-corrected chi connectivity index (χ0v) is 15.8. The molecule has 1 N–H and O–H groups in total. The van der Waals surface area contributed by atoms with Gasteiger partial charge in [-0.25, -0.2) is 4.52 Å². The highest BCUT2D eigenvalue weighted by atomic mass is 16.5. The van der Waals surface area contributed by atoms with E-state index in [1.807, 2.05) is 72.8 Å². The summed E-state index contributed by atoms with van der Waals surface area (Å²) in [6.07, 6.45) is 1.89. The predicted octanol–water partition coefficient (Wildman–Crippen LogP) is 4.32. The molecule has 0 radical (unpaired) electrons. The first kappa shape index (κ1) is 17.4. The fourth-order valence-electron chi connectivity index (χ4n) is 3.22. The first-order chi connectivity index (χ1) is 14.3. The fraction of sp³-hybridized carbons (Fsp3) is 0.174. The smallest absolute Gasteiger partial charge is 0.249 e. The maximum absolute atomic E-state index is 12.0. The number of fused-ring (bicyclic) bond motifs is 1. The number of benzene rings is 2. The van der Waals surface area contributed by atoms with Crippen LogP contribution in [-0.4, -0.2) is 20.5 Å². The van der Waals surface area contributed by atoms with E-state index in [1.54, 1.807) is 4.52 Å². The van der Waals surface area contributed by atoms with E-state index in [4.69, 9.17) is 4.74 Å². The fourth-order valence-corrected chi connectivity index (χ4v) is 3.22. The molecule has 1 fully saturated rings. The average molecular weight is 384 g/mol. The number of ether oxygens (including phenoxy) is 1. The Morgan fingerprint density at radius 3 is 2.69 bits per heavy atom. The minimum atomic E-state index is -0.00114. The number of carbonyl (C=O) groups excluding carboxylic acids is 1. The quantitative estimate of drug-likeness (QED) is 0.537. The molecule has 0 spiro atoms. The summed E-state index contributed by atoms with van der Waals surface area (Å²) >= 11 is 0. The molecular formula is C23H20N4O2. The molecule has 6 heteroatoms. The molecule has 1 aliphatic rings. The van der Waals surface area contributed by atoms with Crippen molar-refractivity contribution in [2.45, 2.75) is 19.4 Å². The van der Waals surface area contributed by atoms with Gasteiger partial charge in [-0.15, -0.1) is 5.10 Å². The topological polar surface area (TPSA) is 68.5 Å². The number of hydrogen-bond donors (Lipinski definition) is 1. The van der Waals surface area contributed by atoms with Gasteiger partial charge in [-0.1, -0.05) is 48.5 Å². The van der Waals surface area contributed by atoms with Crippen molar-refractivity contribution in [3.8, 4) is 17.0 Å². The Kier molecular flexibility index (Phi) is 4.44. The first-order valence-electron chi connectivity index (χ1n) is 9.70. The van der Waals surface area contributed by atoms with Crippen LogP contribution in [0.3, 0.4) is 0 Å². The second-order valence-electron chi connectivity index (χ2n) is 7.18. The number of anilines is 1. The van der Waals surface area contributed by atoms with Crippen molar-refractivity contribution in [2.75, 3.05) is 5.32 Å². The van der Waals surface area contributed by atoms with Crippen LogP contribution >= 0.6 is 0 Å². The summed E-state index contributed by atoms with van der Waals surface area (Å²) in [6.45, 7) is 0.509. The van der Waals surface area contributed by atoms with Crippen molar-refractivity contribution >= 4 is 17.5 Å². The van der Waals surface area contributed by atoms with Crippen molar-refractivity contribution in [1.29, 1.82) is 0 Å². The second-order valence-corrected chi connectivity index (χ2v) is 7.18. The summed E-state index contributed by atoms with van der Waals surface area (Å²) in [7, 11) is 0. The van der Waals surface area contributed by atoms with Crippen LogP contribution < -0.4 is 10.1 Å². The van der Waals surface area contributed by atoms with Crippen molar-refractivity contribution < 1.29 is 9.53 Å². The summed E-state index contributed by atoms with van der Waals surface area (Å²) in [5, 5.41) is 7.31. The molecule has 2 aromatic carbocycles. The molecule has 29 heavy (non-hydrogen) atoms. The lowest BCUT2D eigenvalue weighted by molar-refractivity contribution is -0.117. The van der Waals surface area contributed by atoms with Gasteiger partial charge < -0.3 is 4.74 Å². The Bertz CT molecular complexity index is 1170. The largest absolute Gasteiger partial charge is 0.489 e. The number of hydrogen-bond acceptors (Lipinski definition) is 4. The van der Waals surface area contributed by atoms with E-state index in [1.165, 1.54) is 0 Å². The van der Waals surface area contributed by atoms with Gasteiger partial charge in [0.25, 0.3) is 0 Å². The van der Waals surface area contributed by atoms with Crippen molar-refractivity contribution in [1.82, 2.24) is 14.6 Å². The van der Waals surface area contributed by atoms with E-state index in [-0.39, 0.29) is 11.8 Å². The number of carbonyl (C=O) groups is 1. The van der Waals surface area contributed by atoms with E-state index in [9.17, 15) is 4.79 Å². The maximum atomic E-state index is 12.0. The Balaban J connectivity index is 1.41. The van der Waals surface area contributed by atoms with Crippen LogP contribution in [0.15, 0.2) is 72.8 Å².